The summed E-state index contributed by atoms with van der Waals surface area (Å²) in [5.74, 6) is 0. The van der Waals surface area contributed by atoms with Gasteiger partial charge in [-0.05, 0) is 40.3 Å². The molecule has 0 heterocycles. The number of hydrogen-bond donors (Lipinski definition) is 1. The van der Waals surface area contributed by atoms with E-state index in [1.54, 1.807) is 0 Å². The molecule has 0 spiro atoms. The molecule has 0 bridgehead atoms. The number of hydrogen-bond acceptors (Lipinski definition) is 2. The Kier molecular flexibility index (Phi) is 3.74. The van der Waals surface area contributed by atoms with Crippen molar-refractivity contribution in [2.75, 3.05) is 20.1 Å². The van der Waals surface area contributed by atoms with Crippen molar-refractivity contribution in [3.63, 3.8) is 0 Å². The zero-order valence-corrected chi connectivity index (χ0v) is 9.56. The van der Waals surface area contributed by atoms with Gasteiger partial charge < -0.3 is 10.2 Å². The Labute approximate surface area is 82.7 Å². The van der Waals surface area contributed by atoms with E-state index in [0.29, 0.717) is 0 Å². The maximum absolute atomic E-state index is 3.51. The molecule has 1 saturated carbocycles. The number of nitrogens with zero attached hydrogens (tertiary/aromatic N) is 1. The summed E-state index contributed by atoms with van der Waals surface area (Å²) in [6.07, 6.45) is 4.23. The molecular formula is C11H24N2. The minimum Gasteiger partial charge on any atom is -0.311 e. The highest BCUT2D eigenvalue weighted by Gasteiger charge is 2.26. The zero-order chi connectivity index (χ0) is 9.90. The quantitative estimate of drug-likeness (QED) is 0.701. The second kappa shape index (κ2) is 4.43. The Hall–Kier alpha value is -0.0800. The van der Waals surface area contributed by atoms with Gasteiger partial charge in [0.05, 0.1) is 0 Å². The van der Waals surface area contributed by atoms with Crippen LogP contribution in [0.15, 0.2) is 0 Å². The Balaban J connectivity index is 2.28. The third kappa shape index (κ3) is 3.28. The van der Waals surface area contributed by atoms with Crippen LogP contribution in [-0.2, 0) is 0 Å². The molecule has 0 aliphatic heterocycles. The Morgan fingerprint density at radius 2 is 2.00 bits per heavy atom. The summed E-state index contributed by atoms with van der Waals surface area (Å²) in [6.45, 7) is 8.96. The second-order valence-electron chi connectivity index (χ2n) is 4.91. The molecule has 13 heavy (non-hydrogen) atoms. The van der Waals surface area contributed by atoms with Crippen LogP contribution in [0.2, 0.25) is 0 Å². The van der Waals surface area contributed by atoms with E-state index in [4.69, 9.17) is 0 Å². The van der Waals surface area contributed by atoms with E-state index in [2.05, 4.69) is 38.0 Å². The monoisotopic (exact) mass is 184 g/mol. The van der Waals surface area contributed by atoms with Crippen molar-refractivity contribution in [1.29, 1.82) is 0 Å². The molecule has 78 valence electrons. The van der Waals surface area contributed by atoms with Crippen molar-refractivity contribution in [3.8, 4) is 0 Å². The van der Waals surface area contributed by atoms with Crippen molar-refractivity contribution < 1.29 is 0 Å². The van der Waals surface area contributed by atoms with Gasteiger partial charge in [-0.25, -0.2) is 0 Å². The van der Waals surface area contributed by atoms with Gasteiger partial charge in [-0.1, -0.05) is 13.3 Å². The van der Waals surface area contributed by atoms with Crippen LogP contribution in [0.3, 0.4) is 0 Å². The van der Waals surface area contributed by atoms with Crippen LogP contribution in [0.1, 0.15) is 40.0 Å². The summed E-state index contributed by atoms with van der Waals surface area (Å²) >= 11 is 0. The maximum atomic E-state index is 3.51. The molecule has 0 atom stereocenters. The van der Waals surface area contributed by atoms with Gasteiger partial charge in [0.2, 0.25) is 0 Å². The van der Waals surface area contributed by atoms with Crippen LogP contribution in [0.5, 0.6) is 0 Å². The van der Waals surface area contributed by atoms with E-state index in [1.165, 1.54) is 19.3 Å². The predicted molar refractivity (Wildman–Crippen MR) is 58.0 cm³/mol. The fourth-order valence-electron chi connectivity index (χ4n) is 2.11. The topological polar surface area (TPSA) is 15.3 Å². The van der Waals surface area contributed by atoms with Crippen LogP contribution in [0.25, 0.3) is 0 Å². The van der Waals surface area contributed by atoms with Crippen LogP contribution >= 0.6 is 0 Å². The van der Waals surface area contributed by atoms with Crippen LogP contribution in [0.4, 0.5) is 0 Å². The molecule has 0 unspecified atom stereocenters. The average Bonchev–Trinajstić information content (AvgIpc) is 1.79. The van der Waals surface area contributed by atoms with Crippen LogP contribution in [-0.4, -0.2) is 36.6 Å². The van der Waals surface area contributed by atoms with E-state index in [9.17, 15) is 0 Å². The third-order valence-corrected chi connectivity index (χ3v) is 3.00. The zero-order valence-electron chi connectivity index (χ0n) is 9.56. The van der Waals surface area contributed by atoms with Crippen molar-refractivity contribution in [2.45, 2.75) is 51.6 Å². The highest BCUT2D eigenvalue weighted by atomic mass is 15.2. The summed E-state index contributed by atoms with van der Waals surface area (Å²) < 4.78 is 0. The van der Waals surface area contributed by atoms with Crippen LogP contribution < -0.4 is 5.32 Å². The molecule has 2 heteroatoms. The lowest BCUT2D eigenvalue weighted by atomic mass is 9.90. The van der Waals surface area contributed by atoms with Gasteiger partial charge in [0, 0.05) is 18.1 Å². The molecule has 0 aromatic rings. The van der Waals surface area contributed by atoms with Gasteiger partial charge in [0.1, 0.15) is 0 Å². The van der Waals surface area contributed by atoms with E-state index >= 15 is 0 Å². The van der Waals surface area contributed by atoms with Gasteiger partial charge in [-0.15, -0.1) is 0 Å². The summed E-state index contributed by atoms with van der Waals surface area (Å²) in [7, 11) is 2.25. The molecule has 1 aliphatic rings. The fraction of sp³-hybridized carbons (Fsp3) is 1.00. The van der Waals surface area contributed by atoms with Gasteiger partial charge in [0.15, 0.2) is 0 Å². The lowest BCUT2D eigenvalue weighted by Crippen LogP contribution is -2.51. The average molecular weight is 184 g/mol. The molecule has 1 fully saturated rings. The first-order chi connectivity index (χ1) is 6.05. The second-order valence-corrected chi connectivity index (χ2v) is 4.91. The molecule has 0 radical (unpaired) electrons. The summed E-state index contributed by atoms with van der Waals surface area (Å²) in [4.78, 5) is 2.51. The lowest BCUT2D eigenvalue weighted by Gasteiger charge is -2.39. The van der Waals surface area contributed by atoms with Gasteiger partial charge in [0.25, 0.3) is 0 Å². The van der Waals surface area contributed by atoms with Crippen molar-refractivity contribution in [3.05, 3.63) is 0 Å². The molecule has 1 rings (SSSR count). The van der Waals surface area contributed by atoms with Gasteiger partial charge in [-0.2, -0.15) is 0 Å². The Morgan fingerprint density at radius 1 is 1.38 bits per heavy atom. The summed E-state index contributed by atoms with van der Waals surface area (Å²) in [5, 5.41) is 3.51. The minimum absolute atomic E-state index is 0.263. The minimum atomic E-state index is 0.263. The number of likely N-dealkylation sites (N-methyl/N-ethyl adjacent to an activating group) is 2. The number of rotatable bonds is 5. The molecule has 2 nitrogen and oxygen atoms in total. The van der Waals surface area contributed by atoms with E-state index < -0.39 is 0 Å². The van der Waals surface area contributed by atoms with Crippen molar-refractivity contribution in [2.24, 2.45) is 0 Å². The van der Waals surface area contributed by atoms with E-state index in [0.717, 1.165) is 19.1 Å². The highest BCUT2D eigenvalue weighted by Crippen LogP contribution is 2.24. The smallest absolute Gasteiger partial charge is 0.0252 e. The highest BCUT2D eigenvalue weighted by molar-refractivity contribution is 4.85. The summed E-state index contributed by atoms with van der Waals surface area (Å²) in [6, 6.07) is 0.859. The lowest BCUT2D eigenvalue weighted by molar-refractivity contribution is 0.125. The van der Waals surface area contributed by atoms with Crippen LogP contribution in [0, 0.1) is 0 Å². The van der Waals surface area contributed by atoms with Crippen molar-refractivity contribution in [1.82, 2.24) is 10.2 Å². The first-order valence-electron chi connectivity index (χ1n) is 5.50. The molecule has 1 N–H and O–H groups in total. The SMILES string of the molecule is CCNC(C)(C)CN(C)C1CCC1. The molecule has 0 aromatic carbocycles. The normalized spacial score (nSPS) is 19.2. The third-order valence-electron chi connectivity index (χ3n) is 3.00. The van der Waals surface area contributed by atoms with E-state index in [-0.39, 0.29) is 5.54 Å². The standard InChI is InChI=1S/C11H24N2/c1-5-12-11(2,3)9-13(4)10-7-6-8-10/h10,12H,5-9H2,1-4H3. The Morgan fingerprint density at radius 3 is 2.38 bits per heavy atom. The molecule has 0 saturated heterocycles. The molecule has 0 amide bonds. The van der Waals surface area contributed by atoms with Gasteiger partial charge in [-0.3, -0.25) is 0 Å². The molecule has 0 aromatic heterocycles. The summed E-state index contributed by atoms with van der Waals surface area (Å²) in [5.41, 5.74) is 0.263. The van der Waals surface area contributed by atoms with E-state index in [1.807, 2.05) is 0 Å². The van der Waals surface area contributed by atoms with Gasteiger partial charge >= 0.3 is 0 Å². The molecule has 1 aliphatic carbocycles. The fourth-order valence-corrected chi connectivity index (χ4v) is 2.11. The first kappa shape index (κ1) is 11.0. The largest absolute Gasteiger partial charge is 0.311 e. The maximum Gasteiger partial charge on any atom is 0.0252 e. The first-order valence-corrected chi connectivity index (χ1v) is 5.50. The Bertz CT molecular complexity index is 150. The van der Waals surface area contributed by atoms with Crippen molar-refractivity contribution >= 4 is 0 Å². The predicted octanol–water partition coefficient (Wildman–Crippen LogP) is 1.86. The number of nitrogens with one attached hydrogen (secondary N) is 1. The molecular weight excluding hydrogens is 160 g/mol.